The third kappa shape index (κ3) is 5.52. The number of aliphatic hydroxyl groups excluding tert-OH is 1. The van der Waals surface area contributed by atoms with Gasteiger partial charge >= 0.3 is 5.97 Å². The number of amides is 1. The van der Waals surface area contributed by atoms with Gasteiger partial charge in [0.25, 0.3) is 0 Å². The fourth-order valence-electron chi connectivity index (χ4n) is 1.70. The Balaban J connectivity index is 2.46. The molecule has 3 N–H and O–H groups in total. The molecule has 5 heteroatoms. The van der Waals surface area contributed by atoms with Crippen molar-refractivity contribution < 1.29 is 19.8 Å². The summed E-state index contributed by atoms with van der Waals surface area (Å²) >= 11 is 0. The maximum Gasteiger partial charge on any atom is 0.304 e. The normalized spacial score (nSPS) is 13.6. The number of carbonyl (C=O) groups excluding carboxylic acids is 1. The van der Waals surface area contributed by atoms with Crippen LogP contribution >= 0.6 is 0 Å². The molecule has 0 spiro atoms. The molecule has 0 aromatic heterocycles. The first kappa shape index (κ1) is 15.2. The fraction of sp³-hybridized carbons (Fsp3) is 0.429. The summed E-state index contributed by atoms with van der Waals surface area (Å²) in [6.45, 7) is 1.48. The quantitative estimate of drug-likeness (QED) is 0.681. The second-order valence-corrected chi connectivity index (χ2v) is 4.98. The van der Waals surface area contributed by atoms with E-state index in [1.807, 2.05) is 30.3 Å². The Kier molecular flexibility index (Phi) is 5.51. The van der Waals surface area contributed by atoms with Crippen LogP contribution in [0.4, 0.5) is 0 Å². The molecular weight excluding hydrogens is 246 g/mol. The van der Waals surface area contributed by atoms with E-state index in [0.717, 1.165) is 5.56 Å². The monoisotopic (exact) mass is 265 g/mol. The molecule has 1 atom stereocenters. The van der Waals surface area contributed by atoms with Crippen LogP contribution in [0.15, 0.2) is 30.3 Å². The van der Waals surface area contributed by atoms with Gasteiger partial charge in [-0.15, -0.1) is 0 Å². The lowest BCUT2D eigenvalue weighted by Crippen LogP contribution is -2.40. The number of hydrogen-bond acceptors (Lipinski definition) is 3. The highest BCUT2D eigenvalue weighted by Gasteiger charge is 2.27. The summed E-state index contributed by atoms with van der Waals surface area (Å²) in [5.41, 5.74) is 0.0574. The molecule has 1 rings (SSSR count). The highest BCUT2D eigenvalue weighted by atomic mass is 16.4. The van der Waals surface area contributed by atoms with Gasteiger partial charge in [-0.05, 0) is 5.56 Å². The first-order valence-electron chi connectivity index (χ1n) is 6.08. The minimum Gasteiger partial charge on any atom is -0.481 e. The van der Waals surface area contributed by atoms with Crippen molar-refractivity contribution in [3.8, 4) is 0 Å². The summed E-state index contributed by atoms with van der Waals surface area (Å²) in [5, 5.41) is 20.6. The van der Waals surface area contributed by atoms with E-state index in [-0.39, 0.29) is 31.9 Å². The standard InChI is InChI=1S/C14H19NO4/c1-14(10-16,8-13(18)19)9-15-12(17)7-11-5-3-2-4-6-11/h2-6,16H,7-10H2,1H3,(H,15,17)(H,18,19). The molecule has 0 heterocycles. The number of nitrogens with one attached hydrogen (secondary N) is 1. The predicted molar refractivity (Wildman–Crippen MR) is 70.6 cm³/mol. The lowest BCUT2D eigenvalue weighted by molar-refractivity contribution is -0.140. The molecule has 0 radical (unpaired) electrons. The minimum absolute atomic E-state index is 0.140. The second kappa shape index (κ2) is 6.89. The summed E-state index contributed by atoms with van der Waals surface area (Å²) < 4.78 is 0. The van der Waals surface area contributed by atoms with E-state index in [0.29, 0.717) is 0 Å². The Morgan fingerprint density at radius 3 is 2.42 bits per heavy atom. The van der Waals surface area contributed by atoms with Crippen LogP contribution in [0.2, 0.25) is 0 Å². The first-order chi connectivity index (χ1) is 8.95. The number of rotatable bonds is 7. The van der Waals surface area contributed by atoms with Gasteiger partial charge in [0.15, 0.2) is 0 Å². The van der Waals surface area contributed by atoms with Crippen molar-refractivity contribution >= 4 is 11.9 Å². The Hall–Kier alpha value is -1.88. The van der Waals surface area contributed by atoms with Crippen LogP contribution in [0.1, 0.15) is 18.9 Å². The average molecular weight is 265 g/mol. The first-order valence-corrected chi connectivity index (χ1v) is 6.08. The molecule has 5 nitrogen and oxygen atoms in total. The lowest BCUT2D eigenvalue weighted by atomic mass is 9.87. The number of carboxylic acid groups (broad SMARTS) is 1. The Morgan fingerprint density at radius 2 is 1.89 bits per heavy atom. The van der Waals surface area contributed by atoms with Gasteiger partial charge in [0.05, 0.1) is 19.4 Å². The van der Waals surface area contributed by atoms with Crippen molar-refractivity contribution in [2.24, 2.45) is 5.41 Å². The van der Waals surface area contributed by atoms with Gasteiger partial charge in [-0.2, -0.15) is 0 Å². The van der Waals surface area contributed by atoms with Crippen molar-refractivity contribution in [3.63, 3.8) is 0 Å². The number of carbonyl (C=O) groups is 2. The number of aliphatic hydroxyl groups is 1. The zero-order valence-corrected chi connectivity index (χ0v) is 10.9. The topological polar surface area (TPSA) is 86.6 Å². The summed E-state index contributed by atoms with van der Waals surface area (Å²) in [6.07, 6.45) is 0.0601. The van der Waals surface area contributed by atoms with E-state index in [4.69, 9.17) is 5.11 Å². The SMILES string of the molecule is CC(CO)(CNC(=O)Cc1ccccc1)CC(=O)O. The van der Waals surface area contributed by atoms with Crippen molar-refractivity contribution in [3.05, 3.63) is 35.9 Å². The smallest absolute Gasteiger partial charge is 0.304 e. The molecular formula is C14H19NO4. The van der Waals surface area contributed by atoms with Crippen molar-refractivity contribution in [1.29, 1.82) is 0 Å². The van der Waals surface area contributed by atoms with E-state index < -0.39 is 11.4 Å². The molecule has 0 aliphatic heterocycles. The van der Waals surface area contributed by atoms with E-state index in [1.165, 1.54) is 0 Å². The second-order valence-electron chi connectivity index (χ2n) is 4.98. The van der Waals surface area contributed by atoms with Crippen LogP contribution in [0.25, 0.3) is 0 Å². The van der Waals surface area contributed by atoms with Crippen molar-refractivity contribution in [2.45, 2.75) is 19.8 Å². The number of hydrogen-bond donors (Lipinski definition) is 3. The Labute approximate surface area is 112 Å². The van der Waals surface area contributed by atoms with Crippen LogP contribution in [0.5, 0.6) is 0 Å². The zero-order valence-electron chi connectivity index (χ0n) is 10.9. The van der Waals surface area contributed by atoms with Crippen LogP contribution < -0.4 is 5.32 Å². The fourth-order valence-corrected chi connectivity index (χ4v) is 1.70. The van der Waals surface area contributed by atoms with Gasteiger partial charge in [0.1, 0.15) is 0 Å². The van der Waals surface area contributed by atoms with Crippen LogP contribution in [-0.2, 0) is 16.0 Å². The van der Waals surface area contributed by atoms with E-state index >= 15 is 0 Å². The molecule has 0 aliphatic rings. The van der Waals surface area contributed by atoms with E-state index in [9.17, 15) is 14.7 Å². The average Bonchev–Trinajstić information content (AvgIpc) is 2.37. The van der Waals surface area contributed by atoms with Crippen molar-refractivity contribution in [1.82, 2.24) is 5.32 Å². The Bertz CT molecular complexity index is 432. The largest absolute Gasteiger partial charge is 0.481 e. The number of aliphatic carboxylic acids is 1. The summed E-state index contributed by atoms with van der Waals surface area (Å²) in [7, 11) is 0. The molecule has 104 valence electrons. The molecule has 0 saturated carbocycles. The molecule has 1 aromatic rings. The summed E-state index contributed by atoms with van der Waals surface area (Å²) in [5.74, 6) is -1.18. The molecule has 1 unspecified atom stereocenters. The van der Waals surface area contributed by atoms with Gasteiger partial charge in [-0.1, -0.05) is 37.3 Å². The molecule has 0 bridgehead atoms. The zero-order chi connectivity index (χ0) is 14.3. The maximum atomic E-state index is 11.7. The van der Waals surface area contributed by atoms with Crippen molar-refractivity contribution in [2.75, 3.05) is 13.2 Å². The summed E-state index contributed by atoms with van der Waals surface area (Å²) in [6, 6.07) is 9.27. The third-order valence-corrected chi connectivity index (χ3v) is 2.88. The number of benzene rings is 1. The van der Waals surface area contributed by atoms with Crippen LogP contribution in [0, 0.1) is 5.41 Å². The molecule has 0 fully saturated rings. The Morgan fingerprint density at radius 1 is 1.26 bits per heavy atom. The van der Waals surface area contributed by atoms with Gasteiger partial charge < -0.3 is 15.5 Å². The molecule has 0 aliphatic carbocycles. The maximum absolute atomic E-state index is 11.7. The molecule has 0 saturated heterocycles. The van der Waals surface area contributed by atoms with E-state index in [2.05, 4.69) is 5.32 Å². The van der Waals surface area contributed by atoms with Crippen LogP contribution in [-0.4, -0.2) is 35.2 Å². The van der Waals surface area contributed by atoms with Gasteiger partial charge in [0.2, 0.25) is 5.91 Å². The van der Waals surface area contributed by atoms with Gasteiger partial charge in [0, 0.05) is 12.0 Å². The van der Waals surface area contributed by atoms with E-state index in [1.54, 1.807) is 6.92 Å². The molecule has 19 heavy (non-hydrogen) atoms. The lowest BCUT2D eigenvalue weighted by Gasteiger charge is -2.25. The predicted octanol–water partition coefficient (Wildman–Crippen LogP) is 0.819. The van der Waals surface area contributed by atoms with Gasteiger partial charge in [-0.3, -0.25) is 9.59 Å². The highest BCUT2D eigenvalue weighted by molar-refractivity contribution is 5.78. The molecule has 1 amide bonds. The molecule has 1 aromatic carbocycles. The number of carboxylic acids is 1. The highest BCUT2D eigenvalue weighted by Crippen LogP contribution is 2.19. The van der Waals surface area contributed by atoms with Crippen LogP contribution in [0.3, 0.4) is 0 Å². The summed E-state index contributed by atoms with van der Waals surface area (Å²) in [4.78, 5) is 22.4. The third-order valence-electron chi connectivity index (χ3n) is 2.88. The van der Waals surface area contributed by atoms with Gasteiger partial charge in [-0.25, -0.2) is 0 Å². The minimum atomic E-state index is -0.992.